The fourth-order valence-electron chi connectivity index (χ4n) is 5.42. The Bertz CT molecular complexity index is 1560. The van der Waals surface area contributed by atoms with Crippen LogP contribution in [0.4, 0.5) is 41.7 Å². The van der Waals surface area contributed by atoms with Crippen LogP contribution in [-0.4, -0.2) is 93.2 Å². The number of carboxylic acids is 1. The van der Waals surface area contributed by atoms with Crippen LogP contribution >= 0.6 is 11.3 Å². The van der Waals surface area contributed by atoms with Crippen molar-refractivity contribution in [3.63, 3.8) is 0 Å². The number of amides is 1. The molecule has 0 spiro atoms. The number of carbonyl (C=O) groups is 2. The molecule has 248 valence electrons. The molecule has 1 amide bonds. The lowest BCUT2D eigenvalue weighted by Gasteiger charge is -2.34. The van der Waals surface area contributed by atoms with E-state index in [4.69, 9.17) is 5.11 Å². The number of nitrogens with one attached hydrogen (secondary N) is 1. The van der Waals surface area contributed by atoms with Gasteiger partial charge in [0.2, 0.25) is 0 Å². The Labute approximate surface area is 261 Å². The summed E-state index contributed by atoms with van der Waals surface area (Å²) in [7, 11) is 0. The average Bonchev–Trinajstić information content (AvgIpc) is 3.63. The van der Waals surface area contributed by atoms with E-state index < -0.39 is 41.7 Å². The van der Waals surface area contributed by atoms with Gasteiger partial charge >= 0.3 is 18.3 Å². The van der Waals surface area contributed by atoms with Crippen molar-refractivity contribution in [1.82, 2.24) is 24.8 Å². The third-order valence-corrected chi connectivity index (χ3v) is 8.67. The number of carbonyl (C=O) groups excluding carboxylic acids is 1. The van der Waals surface area contributed by atoms with E-state index in [0.717, 1.165) is 22.3 Å². The van der Waals surface area contributed by atoms with Crippen LogP contribution in [0, 0.1) is 5.82 Å². The Morgan fingerprint density at radius 3 is 2.37 bits per heavy atom. The van der Waals surface area contributed by atoms with Gasteiger partial charge in [0.25, 0.3) is 5.91 Å². The summed E-state index contributed by atoms with van der Waals surface area (Å²) in [5.74, 6) is -2.36. The first-order chi connectivity index (χ1) is 21.7. The molecule has 18 heteroatoms. The lowest BCUT2D eigenvalue weighted by Crippen LogP contribution is -2.47. The number of likely N-dealkylation sites (tertiary alicyclic amines) is 1. The normalized spacial score (nSPS) is 18.2. The Morgan fingerprint density at radius 2 is 1.74 bits per heavy atom. The Kier molecular flexibility index (Phi) is 9.78. The molecule has 2 aromatic heterocycles. The number of halogens is 7. The highest BCUT2D eigenvalue weighted by Gasteiger charge is 2.46. The van der Waals surface area contributed by atoms with Gasteiger partial charge in [-0.2, -0.15) is 26.3 Å². The number of hydrogen-bond acceptors (Lipinski definition) is 9. The van der Waals surface area contributed by atoms with Crippen molar-refractivity contribution < 1.29 is 45.4 Å². The Morgan fingerprint density at radius 1 is 1.00 bits per heavy atom. The van der Waals surface area contributed by atoms with Crippen molar-refractivity contribution in [3.8, 4) is 11.3 Å². The summed E-state index contributed by atoms with van der Waals surface area (Å²) >= 11 is 0.774. The molecule has 0 saturated carbocycles. The van der Waals surface area contributed by atoms with Gasteiger partial charge in [-0.3, -0.25) is 24.7 Å². The van der Waals surface area contributed by atoms with E-state index in [0.29, 0.717) is 50.7 Å². The smallest absolute Gasteiger partial charge is 0.416 e. The number of carboxylic acid groups (broad SMARTS) is 1. The molecule has 0 unspecified atom stereocenters. The van der Waals surface area contributed by atoms with Crippen molar-refractivity contribution in [2.24, 2.45) is 0 Å². The Hall–Kier alpha value is -3.90. The van der Waals surface area contributed by atoms with Gasteiger partial charge < -0.3 is 10.0 Å². The molecule has 46 heavy (non-hydrogen) atoms. The quantitative estimate of drug-likeness (QED) is 0.298. The monoisotopic (exact) mass is 675 g/mol. The highest BCUT2D eigenvalue weighted by atomic mass is 32.1. The van der Waals surface area contributed by atoms with E-state index in [9.17, 15) is 40.3 Å². The van der Waals surface area contributed by atoms with Crippen LogP contribution < -0.4 is 10.2 Å². The molecule has 0 bridgehead atoms. The van der Waals surface area contributed by atoms with Gasteiger partial charge in [0.05, 0.1) is 30.1 Å². The average molecular weight is 676 g/mol. The predicted molar refractivity (Wildman–Crippen MR) is 153 cm³/mol. The van der Waals surface area contributed by atoms with E-state index >= 15 is 0 Å². The fraction of sp³-hybridized carbons (Fsp3) is 0.464. The standard InChI is InChI=1S/C28H28F7N7O3S/c29-18-11-16(10-17(12-18)27(30,31)32)24-20(15-42-4-1-2-21(42)28(33,34)35)46-26(38-24)39-25(45)19-13-37-22(14-36-19)41-8-6-40(7-9-41)5-3-23(43)44/h10-14,21H,1-9,15H2,(H,43,44)(H,38,39,45)/t21-/m0/s1. The maximum Gasteiger partial charge on any atom is 0.416 e. The number of piperazine rings is 1. The van der Waals surface area contributed by atoms with Gasteiger partial charge in [-0.05, 0) is 37.6 Å². The number of hydrogen-bond donors (Lipinski definition) is 2. The van der Waals surface area contributed by atoms with Gasteiger partial charge in [-0.25, -0.2) is 19.3 Å². The summed E-state index contributed by atoms with van der Waals surface area (Å²) in [5, 5.41) is 11.2. The van der Waals surface area contributed by atoms with Crippen molar-refractivity contribution in [2.75, 3.05) is 49.5 Å². The van der Waals surface area contributed by atoms with Crippen molar-refractivity contribution >= 4 is 34.2 Å². The van der Waals surface area contributed by atoms with Crippen LogP contribution in [0.1, 0.15) is 40.2 Å². The molecule has 5 rings (SSSR count). The van der Waals surface area contributed by atoms with Gasteiger partial charge in [0, 0.05) is 49.7 Å². The first-order valence-electron chi connectivity index (χ1n) is 14.2. The second kappa shape index (κ2) is 13.4. The summed E-state index contributed by atoms with van der Waals surface area (Å²) in [4.78, 5) is 41.7. The third-order valence-electron chi connectivity index (χ3n) is 7.71. The maximum atomic E-state index is 14.3. The molecule has 0 aliphatic carbocycles. The number of thiazole rings is 1. The van der Waals surface area contributed by atoms with Crippen LogP contribution in [0.2, 0.25) is 0 Å². The summed E-state index contributed by atoms with van der Waals surface area (Å²) in [6.45, 7) is 2.53. The van der Waals surface area contributed by atoms with Gasteiger partial charge in [0.15, 0.2) is 5.13 Å². The highest BCUT2D eigenvalue weighted by Crippen LogP contribution is 2.39. The van der Waals surface area contributed by atoms with Gasteiger partial charge in [-0.15, -0.1) is 0 Å². The molecule has 4 heterocycles. The summed E-state index contributed by atoms with van der Waals surface area (Å²) in [6.07, 6.45) is -6.66. The number of anilines is 2. The van der Waals surface area contributed by atoms with E-state index in [2.05, 4.69) is 20.3 Å². The van der Waals surface area contributed by atoms with Crippen molar-refractivity contribution in [3.05, 3.63) is 52.5 Å². The number of aliphatic carboxylic acids is 1. The van der Waals surface area contributed by atoms with E-state index in [-0.39, 0.29) is 59.3 Å². The number of nitrogens with zero attached hydrogens (tertiary/aromatic N) is 6. The molecule has 2 fully saturated rings. The molecular formula is C28H28F7N7O3S. The van der Waals surface area contributed by atoms with E-state index in [1.807, 2.05) is 9.80 Å². The maximum absolute atomic E-state index is 14.3. The van der Waals surface area contributed by atoms with Crippen LogP contribution in [-0.2, 0) is 17.5 Å². The fourth-order valence-corrected chi connectivity index (χ4v) is 6.42. The molecular weight excluding hydrogens is 647 g/mol. The van der Waals surface area contributed by atoms with E-state index in [1.54, 1.807) is 0 Å². The largest absolute Gasteiger partial charge is 0.481 e. The predicted octanol–water partition coefficient (Wildman–Crippen LogP) is 5.13. The minimum atomic E-state index is -4.89. The molecule has 2 aliphatic rings. The van der Waals surface area contributed by atoms with Crippen LogP contribution in [0.15, 0.2) is 30.6 Å². The molecule has 3 aromatic rings. The van der Waals surface area contributed by atoms with Crippen molar-refractivity contribution in [1.29, 1.82) is 0 Å². The zero-order chi connectivity index (χ0) is 33.2. The molecule has 2 saturated heterocycles. The van der Waals surface area contributed by atoms with Gasteiger partial charge in [0.1, 0.15) is 23.4 Å². The topological polar surface area (TPSA) is 115 Å². The van der Waals surface area contributed by atoms with E-state index in [1.165, 1.54) is 12.4 Å². The first-order valence-corrected chi connectivity index (χ1v) is 15.0. The molecule has 10 nitrogen and oxygen atoms in total. The third kappa shape index (κ3) is 8.08. The minimum Gasteiger partial charge on any atom is -0.481 e. The second-order valence-electron chi connectivity index (χ2n) is 10.9. The number of benzene rings is 1. The number of rotatable bonds is 9. The van der Waals surface area contributed by atoms with Crippen molar-refractivity contribution in [2.45, 2.75) is 44.2 Å². The van der Waals surface area contributed by atoms with Crippen LogP contribution in [0.25, 0.3) is 11.3 Å². The minimum absolute atomic E-state index is 0.0366. The van der Waals surface area contributed by atoms with Crippen LogP contribution in [0.3, 0.4) is 0 Å². The number of aromatic nitrogens is 3. The molecule has 2 N–H and O–H groups in total. The van der Waals surface area contributed by atoms with Crippen LogP contribution in [0.5, 0.6) is 0 Å². The lowest BCUT2D eigenvalue weighted by molar-refractivity contribution is -0.177. The SMILES string of the molecule is O=C(O)CCN1CCN(c2cnc(C(=O)Nc3nc(-c4cc(F)cc(C(F)(F)F)c4)c(CN4CCC[C@H]4C(F)(F)F)s3)cn2)CC1. The summed E-state index contributed by atoms with van der Waals surface area (Å²) in [6, 6.07) is 0.00966. The zero-order valence-corrected chi connectivity index (χ0v) is 24.9. The molecule has 1 aromatic carbocycles. The molecule has 2 aliphatic heterocycles. The second-order valence-corrected chi connectivity index (χ2v) is 12.0. The first kappa shape index (κ1) is 33.5. The summed E-state index contributed by atoms with van der Waals surface area (Å²) < 4.78 is 95.6. The molecule has 0 radical (unpaired) electrons. The Balaban J connectivity index is 1.34. The highest BCUT2D eigenvalue weighted by molar-refractivity contribution is 7.16. The molecule has 1 atom stereocenters. The zero-order valence-electron chi connectivity index (χ0n) is 24.0. The lowest BCUT2D eigenvalue weighted by atomic mass is 10.1. The van der Waals surface area contributed by atoms with Gasteiger partial charge in [-0.1, -0.05) is 11.3 Å². The summed E-state index contributed by atoms with van der Waals surface area (Å²) in [5.41, 5.74) is -1.89. The number of alkyl halides is 6.